The zero-order chi connectivity index (χ0) is 18.5. The maximum absolute atomic E-state index is 12.5. The van der Waals surface area contributed by atoms with Crippen LogP contribution >= 0.6 is 0 Å². The maximum atomic E-state index is 12.5. The van der Waals surface area contributed by atoms with E-state index < -0.39 is 6.04 Å². The van der Waals surface area contributed by atoms with Crippen LogP contribution in [-0.2, 0) is 9.59 Å². The highest BCUT2D eigenvalue weighted by Crippen LogP contribution is 2.21. The Hall–Kier alpha value is -2.67. The molecule has 0 spiro atoms. The molecule has 2 heterocycles. The fourth-order valence-electron chi connectivity index (χ4n) is 3.17. The molecule has 1 aliphatic rings. The second-order valence-corrected chi connectivity index (χ2v) is 6.80. The molecule has 1 aromatic carbocycles. The Morgan fingerprint density at radius 1 is 1.27 bits per heavy atom. The molecule has 1 unspecified atom stereocenters. The minimum atomic E-state index is -0.417. The normalized spacial score (nSPS) is 21.0. The molecule has 1 fully saturated rings. The molecule has 7 nitrogen and oxygen atoms in total. The average Bonchev–Trinajstić information content (AvgIpc) is 3.16. The van der Waals surface area contributed by atoms with Crippen LogP contribution in [0.2, 0.25) is 0 Å². The van der Waals surface area contributed by atoms with Crippen LogP contribution in [0.4, 0.5) is 11.4 Å². The van der Waals surface area contributed by atoms with E-state index in [1.807, 2.05) is 12.1 Å². The molecule has 2 aromatic rings. The number of rotatable bonds is 5. The van der Waals surface area contributed by atoms with Gasteiger partial charge in [0, 0.05) is 35.7 Å². The summed E-state index contributed by atoms with van der Waals surface area (Å²) in [6.45, 7) is 4.74. The van der Waals surface area contributed by atoms with Crippen LogP contribution in [0.3, 0.4) is 0 Å². The van der Waals surface area contributed by atoms with E-state index in [1.165, 1.54) is 0 Å². The third-order valence-electron chi connectivity index (χ3n) is 4.69. The van der Waals surface area contributed by atoms with Gasteiger partial charge in [-0.2, -0.15) is 5.10 Å². The van der Waals surface area contributed by atoms with E-state index in [0.717, 1.165) is 19.4 Å². The Labute approximate surface area is 153 Å². The van der Waals surface area contributed by atoms with Crippen LogP contribution < -0.4 is 16.0 Å². The van der Waals surface area contributed by atoms with Crippen molar-refractivity contribution >= 4 is 23.2 Å². The number of amides is 2. The molecule has 3 N–H and O–H groups in total. The molecule has 0 aliphatic carbocycles. The second-order valence-electron chi connectivity index (χ2n) is 6.80. The van der Waals surface area contributed by atoms with Crippen molar-refractivity contribution in [2.75, 3.05) is 17.2 Å². The van der Waals surface area contributed by atoms with Gasteiger partial charge in [-0.05, 0) is 57.5 Å². The number of carbonyl (C=O) groups is 2. The molecule has 7 heteroatoms. The summed E-state index contributed by atoms with van der Waals surface area (Å²) in [6.07, 6.45) is 5.07. The van der Waals surface area contributed by atoms with Gasteiger partial charge in [-0.25, -0.2) is 0 Å². The molecule has 2 amide bonds. The molecule has 1 aromatic heterocycles. The third kappa shape index (κ3) is 4.49. The predicted octanol–water partition coefficient (Wildman–Crippen LogP) is 2.41. The molecule has 3 rings (SSSR count). The lowest BCUT2D eigenvalue weighted by Crippen LogP contribution is -2.40. The highest BCUT2D eigenvalue weighted by atomic mass is 16.2. The number of benzene rings is 1. The summed E-state index contributed by atoms with van der Waals surface area (Å²) in [5, 5.41) is 13.3. The number of hydrogen-bond donors (Lipinski definition) is 3. The van der Waals surface area contributed by atoms with Gasteiger partial charge in [-0.15, -0.1) is 0 Å². The van der Waals surface area contributed by atoms with Gasteiger partial charge < -0.3 is 16.0 Å². The minimum Gasteiger partial charge on any atom is -0.326 e. The van der Waals surface area contributed by atoms with Gasteiger partial charge in [0.05, 0.1) is 0 Å². The van der Waals surface area contributed by atoms with Crippen LogP contribution in [0.15, 0.2) is 42.7 Å². The van der Waals surface area contributed by atoms with Gasteiger partial charge in [-0.1, -0.05) is 6.07 Å². The number of nitrogens with one attached hydrogen (secondary N) is 3. The van der Waals surface area contributed by atoms with E-state index in [9.17, 15) is 9.59 Å². The Balaban J connectivity index is 1.61. The fraction of sp³-hybridized carbons (Fsp3) is 0.421. The van der Waals surface area contributed by atoms with Crippen LogP contribution in [0.5, 0.6) is 0 Å². The Morgan fingerprint density at radius 2 is 2.04 bits per heavy atom. The van der Waals surface area contributed by atoms with E-state index in [1.54, 1.807) is 42.2 Å². The van der Waals surface area contributed by atoms with E-state index in [0.29, 0.717) is 17.4 Å². The first kappa shape index (κ1) is 18.1. The van der Waals surface area contributed by atoms with Crippen molar-refractivity contribution in [1.82, 2.24) is 15.1 Å². The van der Waals surface area contributed by atoms with Crippen LogP contribution in [0, 0.1) is 5.92 Å². The highest BCUT2D eigenvalue weighted by Gasteiger charge is 2.24. The lowest BCUT2D eigenvalue weighted by Gasteiger charge is -2.27. The van der Waals surface area contributed by atoms with Gasteiger partial charge >= 0.3 is 0 Å². The molecule has 0 radical (unpaired) electrons. The van der Waals surface area contributed by atoms with Crippen molar-refractivity contribution in [2.24, 2.45) is 5.92 Å². The first-order valence-electron chi connectivity index (χ1n) is 8.97. The van der Waals surface area contributed by atoms with Crippen molar-refractivity contribution in [2.45, 2.75) is 38.8 Å². The molecule has 0 saturated carbocycles. The smallest absolute Gasteiger partial charge is 0.248 e. The van der Waals surface area contributed by atoms with E-state index in [2.05, 4.69) is 28.0 Å². The van der Waals surface area contributed by atoms with Crippen molar-refractivity contribution < 1.29 is 9.59 Å². The largest absolute Gasteiger partial charge is 0.326 e. The monoisotopic (exact) mass is 355 g/mol. The summed E-state index contributed by atoms with van der Waals surface area (Å²) >= 11 is 0. The van der Waals surface area contributed by atoms with Gasteiger partial charge in [0.1, 0.15) is 6.04 Å². The van der Waals surface area contributed by atoms with Gasteiger partial charge in [0.15, 0.2) is 0 Å². The van der Waals surface area contributed by atoms with Gasteiger partial charge in [0.25, 0.3) is 0 Å². The van der Waals surface area contributed by atoms with Crippen LogP contribution in [-0.4, -0.2) is 34.2 Å². The first-order chi connectivity index (χ1) is 12.5. The highest BCUT2D eigenvalue weighted by molar-refractivity contribution is 5.96. The van der Waals surface area contributed by atoms with E-state index in [-0.39, 0.29) is 17.7 Å². The van der Waals surface area contributed by atoms with Gasteiger partial charge in [-0.3, -0.25) is 14.3 Å². The summed E-state index contributed by atoms with van der Waals surface area (Å²) in [6, 6.07) is 8.94. The molecule has 3 atom stereocenters. The Bertz CT molecular complexity index is 759. The maximum Gasteiger partial charge on any atom is 0.248 e. The number of anilines is 2. The lowest BCUT2D eigenvalue weighted by atomic mass is 9.92. The zero-order valence-electron chi connectivity index (χ0n) is 15.1. The van der Waals surface area contributed by atoms with Crippen LogP contribution in [0.1, 0.15) is 32.7 Å². The predicted molar refractivity (Wildman–Crippen MR) is 101 cm³/mol. The zero-order valence-corrected chi connectivity index (χ0v) is 15.1. The summed E-state index contributed by atoms with van der Waals surface area (Å²) in [5.74, 6) is -0.111. The van der Waals surface area contributed by atoms with Crippen molar-refractivity contribution in [3.63, 3.8) is 0 Å². The topological polar surface area (TPSA) is 88.0 Å². The van der Waals surface area contributed by atoms with Crippen LogP contribution in [0.25, 0.3) is 0 Å². The summed E-state index contributed by atoms with van der Waals surface area (Å²) in [7, 11) is 0. The number of piperidine rings is 1. The molecular formula is C19H25N5O2. The number of nitrogens with zero attached hydrogens (tertiary/aromatic N) is 2. The van der Waals surface area contributed by atoms with Crippen molar-refractivity contribution in [1.29, 1.82) is 0 Å². The van der Waals surface area contributed by atoms with Gasteiger partial charge in [0.2, 0.25) is 11.8 Å². The van der Waals surface area contributed by atoms with Crippen molar-refractivity contribution in [3.8, 4) is 0 Å². The summed E-state index contributed by atoms with van der Waals surface area (Å²) < 4.78 is 1.60. The number of carbonyl (C=O) groups excluding carboxylic acids is 2. The summed E-state index contributed by atoms with van der Waals surface area (Å²) in [4.78, 5) is 24.8. The fourth-order valence-corrected chi connectivity index (χ4v) is 3.17. The molecule has 0 bridgehead atoms. The Kier molecular flexibility index (Phi) is 5.68. The van der Waals surface area contributed by atoms with E-state index in [4.69, 9.17) is 0 Å². The molecule has 26 heavy (non-hydrogen) atoms. The molecule has 1 aliphatic heterocycles. The number of aromatic nitrogens is 2. The average molecular weight is 355 g/mol. The third-order valence-corrected chi connectivity index (χ3v) is 4.69. The summed E-state index contributed by atoms with van der Waals surface area (Å²) in [5.41, 5.74) is 1.33. The lowest BCUT2D eigenvalue weighted by molar-refractivity contribution is -0.121. The number of hydrogen-bond acceptors (Lipinski definition) is 4. The standard InChI is InChI=1S/C19H25N5O2/c1-13-11-15(7-9-20-13)19(26)23-17-6-3-5-16(12-17)22-18(25)14(2)24-10-4-8-21-24/h3-6,8,10,12-15,20H,7,9,11H2,1-2H3,(H,22,25)(H,23,26)/t13-,14?,15-/m0/s1. The quantitative estimate of drug-likeness (QED) is 0.768. The second kappa shape index (κ2) is 8.14. The SMILES string of the molecule is CC(C(=O)Nc1cccc(NC(=O)[C@H]2CCN[C@@H](C)C2)c1)n1cccn1. The first-order valence-corrected chi connectivity index (χ1v) is 8.97. The minimum absolute atomic E-state index is 0.0179. The Morgan fingerprint density at radius 3 is 2.73 bits per heavy atom. The molecule has 138 valence electrons. The molecular weight excluding hydrogens is 330 g/mol. The van der Waals surface area contributed by atoms with Crippen molar-refractivity contribution in [3.05, 3.63) is 42.7 Å². The molecule has 1 saturated heterocycles. The van der Waals surface area contributed by atoms with E-state index >= 15 is 0 Å².